The Bertz CT molecular complexity index is 850. The molecule has 0 spiro atoms. The Hall–Kier alpha value is -2.72. The first-order chi connectivity index (χ1) is 10.7. The van der Waals surface area contributed by atoms with Crippen LogP contribution in [0.5, 0.6) is 5.75 Å². The maximum absolute atomic E-state index is 12.8. The molecule has 1 aliphatic heterocycles. The fourth-order valence-electron chi connectivity index (χ4n) is 3.06. The Morgan fingerprint density at radius 3 is 2.41 bits per heavy atom. The van der Waals surface area contributed by atoms with E-state index in [4.69, 9.17) is 9.47 Å². The van der Waals surface area contributed by atoms with Gasteiger partial charge in [0.2, 0.25) is 0 Å². The average molecular weight is 292 g/mol. The predicted molar refractivity (Wildman–Crippen MR) is 78.9 cm³/mol. The van der Waals surface area contributed by atoms with Crippen molar-refractivity contribution in [3.05, 3.63) is 76.9 Å². The molecule has 0 saturated heterocycles. The van der Waals surface area contributed by atoms with Gasteiger partial charge in [-0.25, -0.2) is 0 Å². The van der Waals surface area contributed by atoms with Crippen molar-refractivity contribution in [2.45, 2.75) is 5.79 Å². The highest BCUT2D eigenvalue weighted by Crippen LogP contribution is 2.46. The van der Waals surface area contributed by atoms with Crippen LogP contribution in [0.1, 0.15) is 26.3 Å². The zero-order valence-electron chi connectivity index (χ0n) is 11.8. The Kier molecular flexibility index (Phi) is 2.59. The van der Waals surface area contributed by atoms with Crippen LogP contribution >= 0.6 is 0 Å². The second kappa shape index (κ2) is 4.39. The monoisotopic (exact) mass is 292 g/mol. The molecule has 4 rings (SSSR count). The summed E-state index contributed by atoms with van der Waals surface area (Å²) in [6.07, 6.45) is 1.32. The molecule has 108 valence electrons. The standard InChI is InChI=1S/C18H12O4/c1-21-18-13-8-4-2-6-11(13)15(19)10-14(18)17(20)12-7-3-5-9-16(12)22-18/h2-10H,1H3. The lowest BCUT2D eigenvalue weighted by atomic mass is 9.80. The molecule has 0 radical (unpaired) electrons. The number of fused-ring (bicyclic) bond motifs is 4. The molecule has 0 aromatic heterocycles. The van der Waals surface area contributed by atoms with Gasteiger partial charge in [-0.1, -0.05) is 36.4 Å². The number of carbonyl (C=O) groups is 2. The quantitative estimate of drug-likeness (QED) is 0.811. The summed E-state index contributed by atoms with van der Waals surface area (Å²) in [6, 6.07) is 14.0. The summed E-state index contributed by atoms with van der Waals surface area (Å²) >= 11 is 0. The number of hydrogen-bond acceptors (Lipinski definition) is 4. The second-order valence-corrected chi connectivity index (χ2v) is 5.22. The molecular weight excluding hydrogens is 280 g/mol. The fraction of sp³-hybridized carbons (Fsp3) is 0.111. The molecule has 2 aliphatic rings. The summed E-state index contributed by atoms with van der Waals surface area (Å²) in [7, 11) is 1.47. The van der Waals surface area contributed by atoms with E-state index in [0.29, 0.717) is 22.4 Å². The summed E-state index contributed by atoms with van der Waals surface area (Å²) in [4.78, 5) is 25.1. The van der Waals surface area contributed by atoms with Crippen LogP contribution in [-0.2, 0) is 10.5 Å². The third kappa shape index (κ3) is 1.50. The van der Waals surface area contributed by atoms with Crippen LogP contribution in [0.15, 0.2) is 60.2 Å². The normalized spacial score (nSPS) is 22.1. The van der Waals surface area contributed by atoms with Gasteiger partial charge >= 0.3 is 0 Å². The van der Waals surface area contributed by atoms with Crippen molar-refractivity contribution in [1.82, 2.24) is 0 Å². The number of Topliss-reactive ketones (excluding diaryl/α,β-unsaturated/α-hetero) is 1. The van der Waals surface area contributed by atoms with Crippen LogP contribution in [0.25, 0.3) is 0 Å². The number of para-hydroxylation sites is 1. The van der Waals surface area contributed by atoms with Crippen LogP contribution < -0.4 is 4.74 Å². The first kappa shape index (κ1) is 13.0. The summed E-state index contributed by atoms with van der Waals surface area (Å²) in [5, 5.41) is 0. The molecule has 1 aliphatic carbocycles. The highest BCUT2D eigenvalue weighted by atomic mass is 16.7. The van der Waals surface area contributed by atoms with E-state index in [9.17, 15) is 9.59 Å². The van der Waals surface area contributed by atoms with Gasteiger partial charge in [0.15, 0.2) is 11.6 Å². The minimum absolute atomic E-state index is 0.213. The minimum atomic E-state index is -1.37. The van der Waals surface area contributed by atoms with E-state index in [-0.39, 0.29) is 17.1 Å². The van der Waals surface area contributed by atoms with Gasteiger partial charge in [0.25, 0.3) is 5.79 Å². The minimum Gasteiger partial charge on any atom is -0.453 e. The highest BCUT2D eigenvalue weighted by Gasteiger charge is 2.51. The summed E-state index contributed by atoms with van der Waals surface area (Å²) in [5.41, 5.74) is 1.70. The zero-order chi connectivity index (χ0) is 15.3. The number of carbonyl (C=O) groups excluding carboxylic acids is 2. The predicted octanol–water partition coefficient (Wildman–Crippen LogP) is 2.88. The van der Waals surface area contributed by atoms with Crippen LogP contribution in [0, 0.1) is 0 Å². The summed E-state index contributed by atoms with van der Waals surface area (Å²) in [6.45, 7) is 0. The van der Waals surface area contributed by atoms with Gasteiger partial charge in [-0.05, 0) is 12.1 Å². The molecule has 0 amide bonds. The van der Waals surface area contributed by atoms with Gasteiger partial charge in [-0.2, -0.15) is 0 Å². The molecule has 0 fully saturated rings. The van der Waals surface area contributed by atoms with Crippen LogP contribution in [0.2, 0.25) is 0 Å². The second-order valence-electron chi connectivity index (χ2n) is 5.22. The molecule has 0 saturated carbocycles. The SMILES string of the molecule is COC12Oc3ccccc3C(=O)C1=CC(=O)c1ccccc12. The van der Waals surface area contributed by atoms with Crippen molar-refractivity contribution < 1.29 is 19.1 Å². The molecular formula is C18H12O4. The van der Waals surface area contributed by atoms with Gasteiger partial charge in [0.1, 0.15) is 5.75 Å². The average Bonchev–Trinajstić information content (AvgIpc) is 2.57. The number of ketones is 2. The molecule has 2 aromatic rings. The van der Waals surface area contributed by atoms with Gasteiger partial charge in [-0.15, -0.1) is 0 Å². The molecule has 4 heteroatoms. The van der Waals surface area contributed by atoms with E-state index in [1.807, 2.05) is 0 Å². The first-order valence-corrected chi connectivity index (χ1v) is 6.91. The summed E-state index contributed by atoms with van der Waals surface area (Å²) < 4.78 is 11.7. The molecule has 0 N–H and O–H groups in total. The van der Waals surface area contributed by atoms with Crippen LogP contribution in [0.4, 0.5) is 0 Å². The first-order valence-electron chi connectivity index (χ1n) is 6.91. The molecule has 22 heavy (non-hydrogen) atoms. The van der Waals surface area contributed by atoms with Crippen LogP contribution in [-0.4, -0.2) is 18.7 Å². The topological polar surface area (TPSA) is 52.6 Å². The van der Waals surface area contributed by atoms with Gasteiger partial charge in [0, 0.05) is 24.3 Å². The lowest BCUT2D eigenvalue weighted by Crippen LogP contribution is -2.46. The number of hydrogen-bond donors (Lipinski definition) is 0. The number of ether oxygens (including phenoxy) is 2. The van der Waals surface area contributed by atoms with E-state index >= 15 is 0 Å². The van der Waals surface area contributed by atoms with Gasteiger partial charge in [0.05, 0.1) is 11.1 Å². The Morgan fingerprint density at radius 1 is 0.955 bits per heavy atom. The number of methoxy groups -OCH3 is 1. The molecule has 1 heterocycles. The number of rotatable bonds is 1. The van der Waals surface area contributed by atoms with E-state index in [2.05, 4.69) is 0 Å². The van der Waals surface area contributed by atoms with E-state index in [1.54, 1.807) is 48.5 Å². The fourth-order valence-corrected chi connectivity index (χ4v) is 3.06. The zero-order valence-corrected chi connectivity index (χ0v) is 11.8. The van der Waals surface area contributed by atoms with Gasteiger partial charge < -0.3 is 9.47 Å². The van der Waals surface area contributed by atoms with Crippen molar-refractivity contribution in [3.8, 4) is 5.75 Å². The smallest absolute Gasteiger partial charge is 0.268 e. The number of allylic oxidation sites excluding steroid dienone is 1. The van der Waals surface area contributed by atoms with Crippen molar-refractivity contribution in [3.63, 3.8) is 0 Å². The maximum atomic E-state index is 12.8. The third-order valence-corrected chi connectivity index (χ3v) is 4.09. The molecule has 0 bridgehead atoms. The van der Waals surface area contributed by atoms with E-state index in [1.165, 1.54) is 13.2 Å². The Balaban J connectivity index is 2.04. The molecule has 2 aromatic carbocycles. The largest absolute Gasteiger partial charge is 0.453 e. The van der Waals surface area contributed by atoms with Crippen molar-refractivity contribution in [1.29, 1.82) is 0 Å². The molecule has 1 atom stereocenters. The van der Waals surface area contributed by atoms with Crippen LogP contribution in [0.3, 0.4) is 0 Å². The van der Waals surface area contributed by atoms with Crippen molar-refractivity contribution in [2.75, 3.05) is 7.11 Å². The number of benzene rings is 2. The summed E-state index contributed by atoms with van der Waals surface area (Å²) in [5.74, 6) is -1.37. The van der Waals surface area contributed by atoms with Crippen molar-refractivity contribution in [2.24, 2.45) is 0 Å². The highest BCUT2D eigenvalue weighted by molar-refractivity contribution is 6.20. The lowest BCUT2D eigenvalue weighted by Gasteiger charge is -2.41. The van der Waals surface area contributed by atoms with E-state index < -0.39 is 5.79 Å². The Labute approximate surface area is 127 Å². The van der Waals surface area contributed by atoms with E-state index in [0.717, 1.165) is 0 Å². The van der Waals surface area contributed by atoms with Gasteiger partial charge in [-0.3, -0.25) is 9.59 Å². The third-order valence-electron chi connectivity index (χ3n) is 4.09. The Morgan fingerprint density at radius 2 is 1.64 bits per heavy atom. The maximum Gasteiger partial charge on any atom is 0.268 e. The molecule has 4 nitrogen and oxygen atoms in total. The van der Waals surface area contributed by atoms with Crippen molar-refractivity contribution >= 4 is 11.6 Å². The molecule has 1 unspecified atom stereocenters. The lowest BCUT2D eigenvalue weighted by molar-refractivity contribution is -0.143.